The number of phenols is 1. The zero-order chi connectivity index (χ0) is 13.1. The highest BCUT2D eigenvalue weighted by atomic mass is 16.3. The minimum Gasteiger partial charge on any atom is -0.508 e. The summed E-state index contributed by atoms with van der Waals surface area (Å²) < 4.78 is 1.79. The van der Waals surface area contributed by atoms with E-state index in [1.165, 1.54) is 0 Å². The van der Waals surface area contributed by atoms with Crippen LogP contribution in [0.15, 0.2) is 60.8 Å². The van der Waals surface area contributed by atoms with Crippen LogP contribution in [0.5, 0.6) is 5.75 Å². The number of phenolic OH excluding ortho intramolecular Hbond substituents is 1. The highest BCUT2D eigenvalue weighted by molar-refractivity contribution is 5.57. The Labute approximate surface area is 111 Å². The van der Waals surface area contributed by atoms with Crippen molar-refractivity contribution in [2.45, 2.75) is 6.54 Å². The Kier molecular flexibility index (Phi) is 2.98. The molecule has 0 saturated heterocycles. The third-order valence-corrected chi connectivity index (χ3v) is 2.89. The van der Waals surface area contributed by atoms with Crippen LogP contribution in [-0.4, -0.2) is 20.1 Å². The SMILES string of the molecule is Oc1ccc(Cn2cc(-c3ccccc3)nn2)cc1. The van der Waals surface area contributed by atoms with E-state index in [9.17, 15) is 5.11 Å². The second kappa shape index (κ2) is 4.94. The van der Waals surface area contributed by atoms with E-state index < -0.39 is 0 Å². The van der Waals surface area contributed by atoms with E-state index >= 15 is 0 Å². The number of hydrogen-bond acceptors (Lipinski definition) is 3. The predicted molar refractivity (Wildman–Crippen MR) is 72.7 cm³/mol. The third kappa shape index (κ3) is 2.63. The van der Waals surface area contributed by atoms with Crippen molar-refractivity contribution >= 4 is 0 Å². The number of nitrogens with zero attached hydrogens (tertiary/aromatic N) is 3. The molecule has 0 aliphatic carbocycles. The number of aromatic hydroxyl groups is 1. The summed E-state index contributed by atoms with van der Waals surface area (Å²) in [7, 11) is 0. The van der Waals surface area contributed by atoms with Gasteiger partial charge in [0.1, 0.15) is 11.4 Å². The topological polar surface area (TPSA) is 50.9 Å². The molecule has 0 spiro atoms. The highest BCUT2D eigenvalue weighted by Crippen LogP contribution is 2.16. The van der Waals surface area contributed by atoms with Gasteiger partial charge < -0.3 is 5.11 Å². The molecule has 4 heteroatoms. The van der Waals surface area contributed by atoms with Gasteiger partial charge in [0, 0.05) is 5.56 Å². The number of rotatable bonds is 3. The average Bonchev–Trinajstić information content (AvgIpc) is 2.91. The van der Waals surface area contributed by atoms with Crippen molar-refractivity contribution in [1.29, 1.82) is 0 Å². The van der Waals surface area contributed by atoms with Crippen LogP contribution in [0.1, 0.15) is 5.56 Å². The minimum atomic E-state index is 0.271. The summed E-state index contributed by atoms with van der Waals surface area (Å²) >= 11 is 0. The standard InChI is InChI=1S/C15H13N3O/c19-14-8-6-12(7-9-14)10-18-11-15(16-17-18)13-4-2-1-3-5-13/h1-9,11,19H,10H2. The Balaban J connectivity index is 1.80. The second-order valence-electron chi connectivity index (χ2n) is 4.33. The molecular formula is C15H13N3O. The maximum absolute atomic E-state index is 9.24. The molecule has 19 heavy (non-hydrogen) atoms. The Bertz CT molecular complexity index is 659. The van der Waals surface area contributed by atoms with Gasteiger partial charge in [0.25, 0.3) is 0 Å². The first-order valence-corrected chi connectivity index (χ1v) is 6.05. The van der Waals surface area contributed by atoms with Gasteiger partial charge in [-0.25, -0.2) is 4.68 Å². The summed E-state index contributed by atoms with van der Waals surface area (Å²) in [5.74, 6) is 0.271. The molecule has 3 rings (SSSR count). The van der Waals surface area contributed by atoms with Crippen molar-refractivity contribution in [1.82, 2.24) is 15.0 Å². The largest absolute Gasteiger partial charge is 0.508 e. The number of hydrogen-bond donors (Lipinski definition) is 1. The van der Waals surface area contributed by atoms with E-state index in [0.717, 1.165) is 16.8 Å². The number of aromatic nitrogens is 3. The molecule has 4 nitrogen and oxygen atoms in total. The fourth-order valence-electron chi connectivity index (χ4n) is 1.91. The maximum atomic E-state index is 9.24. The van der Waals surface area contributed by atoms with Gasteiger partial charge in [0.05, 0.1) is 12.7 Å². The zero-order valence-corrected chi connectivity index (χ0v) is 10.3. The lowest BCUT2D eigenvalue weighted by Crippen LogP contribution is -1.99. The summed E-state index contributed by atoms with van der Waals surface area (Å²) in [5.41, 5.74) is 2.99. The molecule has 0 amide bonds. The first kappa shape index (κ1) is 11.5. The van der Waals surface area contributed by atoms with Crippen LogP contribution < -0.4 is 0 Å². The molecule has 2 aromatic carbocycles. The quantitative estimate of drug-likeness (QED) is 0.778. The predicted octanol–water partition coefficient (Wildman–Crippen LogP) is 2.70. The summed E-state index contributed by atoms with van der Waals surface area (Å²) in [5, 5.41) is 17.5. The molecule has 0 unspecified atom stereocenters. The summed E-state index contributed by atoms with van der Waals surface area (Å²) in [4.78, 5) is 0. The van der Waals surface area contributed by atoms with Gasteiger partial charge in [0.15, 0.2) is 0 Å². The first-order valence-electron chi connectivity index (χ1n) is 6.05. The second-order valence-corrected chi connectivity index (χ2v) is 4.33. The molecule has 0 bridgehead atoms. The molecule has 0 aliphatic heterocycles. The molecule has 1 N–H and O–H groups in total. The molecule has 1 aromatic heterocycles. The highest BCUT2D eigenvalue weighted by Gasteiger charge is 2.03. The van der Waals surface area contributed by atoms with Crippen LogP contribution in [0.4, 0.5) is 0 Å². The van der Waals surface area contributed by atoms with E-state index in [1.807, 2.05) is 48.7 Å². The molecule has 3 aromatic rings. The lowest BCUT2D eigenvalue weighted by atomic mass is 10.2. The monoisotopic (exact) mass is 251 g/mol. The van der Waals surface area contributed by atoms with Crippen molar-refractivity contribution < 1.29 is 5.11 Å². The third-order valence-electron chi connectivity index (χ3n) is 2.89. The maximum Gasteiger partial charge on any atom is 0.115 e. The van der Waals surface area contributed by atoms with Gasteiger partial charge >= 0.3 is 0 Å². The van der Waals surface area contributed by atoms with Crippen LogP contribution in [0.25, 0.3) is 11.3 Å². The van der Waals surface area contributed by atoms with Crippen molar-refractivity contribution in [3.8, 4) is 17.0 Å². The van der Waals surface area contributed by atoms with Crippen LogP contribution in [-0.2, 0) is 6.54 Å². The van der Waals surface area contributed by atoms with E-state index in [0.29, 0.717) is 6.54 Å². The van der Waals surface area contributed by atoms with Gasteiger partial charge in [-0.3, -0.25) is 0 Å². The lowest BCUT2D eigenvalue weighted by Gasteiger charge is -2.00. The Morgan fingerprint density at radius 2 is 1.68 bits per heavy atom. The zero-order valence-electron chi connectivity index (χ0n) is 10.3. The molecule has 0 atom stereocenters. The first-order chi connectivity index (χ1) is 9.31. The van der Waals surface area contributed by atoms with E-state index in [4.69, 9.17) is 0 Å². The van der Waals surface area contributed by atoms with Crippen LogP contribution in [0.2, 0.25) is 0 Å². The molecule has 0 fully saturated rings. The minimum absolute atomic E-state index is 0.271. The van der Waals surface area contributed by atoms with Crippen molar-refractivity contribution in [2.24, 2.45) is 0 Å². The lowest BCUT2D eigenvalue weighted by molar-refractivity contribution is 0.475. The normalized spacial score (nSPS) is 10.5. The fourth-order valence-corrected chi connectivity index (χ4v) is 1.91. The van der Waals surface area contributed by atoms with Gasteiger partial charge in [-0.15, -0.1) is 5.10 Å². The Morgan fingerprint density at radius 1 is 0.947 bits per heavy atom. The fraction of sp³-hybridized carbons (Fsp3) is 0.0667. The van der Waals surface area contributed by atoms with Crippen molar-refractivity contribution in [3.63, 3.8) is 0 Å². The van der Waals surface area contributed by atoms with Crippen LogP contribution in [0.3, 0.4) is 0 Å². The summed E-state index contributed by atoms with van der Waals surface area (Å²) in [6, 6.07) is 17.0. The number of benzene rings is 2. The van der Waals surface area contributed by atoms with Crippen molar-refractivity contribution in [2.75, 3.05) is 0 Å². The molecule has 94 valence electrons. The van der Waals surface area contributed by atoms with Gasteiger partial charge in [-0.05, 0) is 17.7 Å². The van der Waals surface area contributed by atoms with E-state index in [2.05, 4.69) is 10.3 Å². The summed E-state index contributed by atoms with van der Waals surface area (Å²) in [6.07, 6.45) is 1.92. The smallest absolute Gasteiger partial charge is 0.115 e. The van der Waals surface area contributed by atoms with Gasteiger partial charge in [-0.1, -0.05) is 47.7 Å². The van der Waals surface area contributed by atoms with Crippen LogP contribution >= 0.6 is 0 Å². The van der Waals surface area contributed by atoms with Gasteiger partial charge in [-0.2, -0.15) is 0 Å². The van der Waals surface area contributed by atoms with E-state index in [-0.39, 0.29) is 5.75 Å². The van der Waals surface area contributed by atoms with Gasteiger partial charge in [0.2, 0.25) is 0 Å². The average molecular weight is 251 g/mol. The van der Waals surface area contributed by atoms with E-state index in [1.54, 1.807) is 16.8 Å². The van der Waals surface area contributed by atoms with Crippen LogP contribution in [0, 0.1) is 0 Å². The molecule has 0 aliphatic rings. The molecule has 0 radical (unpaired) electrons. The molecule has 1 heterocycles. The molecule has 0 saturated carbocycles. The Morgan fingerprint density at radius 3 is 2.42 bits per heavy atom. The molecular weight excluding hydrogens is 238 g/mol. The summed E-state index contributed by atoms with van der Waals surface area (Å²) in [6.45, 7) is 0.639. The van der Waals surface area contributed by atoms with Crippen molar-refractivity contribution in [3.05, 3.63) is 66.4 Å². The Hall–Kier alpha value is -2.62.